The molecular formula is C19H25NO. The molecule has 112 valence electrons. The number of nitrogens with one attached hydrogen (secondary N) is 1. The highest BCUT2D eigenvalue weighted by molar-refractivity contribution is 5.29. The van der Waals surface area contributed by atoms with Crippen molar-refractivity contribution in [2.45, 2.75) is 39.8 Å². The maximum Gasteiger partial charge on any atom is 0.119 e. The van der Waals surface area contributed by atoms with Crippen molar-refractivity contribution < 1.29 is 4.74 Å². The molecule has 2 rings (SSSR count). The van der Waals surface area contributed by atoms with E-state index in [1.807, 2.05) is 12.1 Å². The van der Waals surface area contributed by atoms with Gasteiger partial charge in [0.2, 0.25) is 0 Å². The molecule has 2 aromatic carbocycles. The summed E-state index contributed by atoms with van der Waals surface area (Å²) in [4.78, 5) is 0. The van der Waals surface area contributed by atoms with Crippen LogP contribution in [0.3, 0.4) is 0 Å². The van der Waals surface area contributed by atoms with Crippen LogP contribution in [0.5, 0.6) is 5.75 Å². The Morgan fingerprint density at radius 2 is 1.76 bits per heavy atom. The number of hydrogen-bond donors (Lipinski definition) is 1. The van der Waals surface area contributed by atoms with E-state index < -0.39 is 0 Å². The first kappa shape index (κ1) is 15.6. The van der Waals surface area contributed by atoms with E-state index in [1.54, 1.807) is 0 Å². The fraction of sp³-hybridized carbons (Fsp3) is 0.368. The number of benzene rings is 2. The zero-order chi connectivity index (χ0) is 15.1. The van der Waals surface area contributed by atoms with Crippen LogP contribution in [0.1, 0.15) is 43.0 Å². The van der Waals surface area contributed by atoms with Gasteiger partial charge in [0, 0.05) is 12.6 Å². The lowest BCUT2D eigenvalue weighted by Gasteiger charge is -2.16. The van der Waals surface area contributed by atoms with Gasteiger partial charge in [0.25, 0.3) is 0 Å². The first-order valence-electron chi connectivity index (χ1n) is 7.71. The standard InChI is InChI=1S/C19H25NO/c1-4-13-21-18-11-9-17(10-12-18)14-20-16(3)19-8-6-5-7-15(19)2/h5-12,16,20H,4,13-14H2,1-3H3/t16-/m1/s1. The van der Waals surface area contributed by atoms with E-state index >= 15 is 0 Å². The van der Waals surface area contributed by atoms with Crippen molar-refractivity contribution in [1.82, 2.24) is 5.32 Å². The minimum Gasteiger partial charge on any atom is -0.494 e. The van der Waals surface area contributed by atoms with Gasteiger partial charge in [0.05, 0.1) is 6.61 Å². The number of hydrogen-bond acceptors (Lipinski definition) is 2. The van der Waals surface area contributed by atoms with E-state index in [2.05, 4.69) is 62.5 Å². The Morgan fingerprint density at radius 3 is 2.43 bits per heavy atom. The molecule has 0 unspecified atom stereocenters. The highest BCUT2D eigenvalue weighted by Gasteiger charge is 2.07. The second-order valence-electron chi connectivity index (χ2n) is 5.45. The van der Waals surface area contributed by atoms with E-state index in [-0.39, 0.29) is 0 Å². The Bertz CT molecular complexity index is 548. The van der Waals surface area contributed by atoms with Crippen molar-refractivity contribution >= 4 is 0 Å². The van der Waals surface area contributed by atoms with Gasteiger partial charge in [-0.1, -0.05) is 43.3 Å². The predicted octanol–water partition coefficient (Wildman–Crippen LogP) is 4.63. The van der Waals surface area contributed by atoms with Crippen LogP contribution in [0.15, 0.2) is 48.5 Å². The summed E-state index contributed by atoms with van der Waals surface area (Å²) in [5.74, 6) is 0.951. The molecule has 0 aromatic heterocycles. The SMILES string of the molecule is CCCOc1ccc(CN[C@H](C)c2ccccc2C)cc1. The van der Waals surface area contributed by atoms with Gasteiger partial charge in [-0.3, -0.25) is 0 Å². The van der Waals surface area contributed by atoms with Gasteiger partial charge in [-0.05, 0) is 49.1 Å². The second-order valence-corrected chi connectivity index (χ2v) is 5.45. The molecule has 1 atom stereocenters. The van der Waals surface area contributed by atoms with Gasteiger partial charge in [-0.2, -0.15) is 0 Å². The zero-order valence-electron chi connectivity index (χ0n) is 13.2. The molecule has 2 heteroatoms. The molecule has 0 aliphatic carbocycles. The van der Waals surface area contributed by atoms with Gasteiger partial charge in [-0.25, -0.2) is 0 Å². The molecule has 0 saturated heterocycles. The monoisotopic (exact) mass is 283 g/mol. The third kappa shape index (κ3) is 4.61. The highest BCUT2D eigenvalue weighted by Crippen LogP contribution is 2.18. The van der Waals surface area contributed by atoms with Crippen LogP contribution in [0, 0.1) is 6.92 Å². The molecule has 0 aliphatic rings. The minimum absolute atomic E-state index is 0.349. The summed E-state index contributed by atoms with van der Waals surface area (Å²) in [6.07, 6.45) is 1.04. The number of ether oxygens (including phenoxy) is 1. The van der Waals surface area contributed by atoms with Crippen LogP contribution in [-0.2, 0) is 6.54 Å². The van der Waals surface area contributed by atoms with Crippen LogP contribution in [0.2, 0.25) is 0 Å². The number of rotatable bonds is 7. The van der Waals surface area contributed by atoms with Gasteiger partial charge in [-0.15, -0.1) is 0 Å². The van der Waals surface area contributed by atoms with E-state index in [4.69, 9.17) is 4.74 Å². The van der Waals surface area contributed by atoms with Gasteiger partial charge in [0.15, 0.2) is 0 Å². The first-order chi connectivity index (χ1) is 10.2. The fourth-order valence-corrected chi connectivity index (χ4v) is 2.38. The van der Waals surface area contributed by atoms with Crippen LogP contribution in [0.25, 0.3) is 0 Å². The molecule has 2 aromatic rings. The Balaban J connectivity index is 1.89. The number of aryl methyl sites for hydroxylation is 1. The first-order valence-corrected chi connectivity index (χ1v) is 7.71. The summed E-state index contributed by atoms with van der Waals surface area (Å²) >= 11 is 0. The summed E-state index contributed by atoms with van der Waals surface area (Å²) in [6.45, 7) is 8.13. The van der Waals surface area contributed by atoms with Crippen LogP contribution >= 0.6 is 0 Å². The van der Waals surface area contributed by atoms with Crippen molar-refractivity contribution in [3.8, 4) is 5.75 Å². The van der Waals surface area contributed by atoms with Crippen molar-refractivity contribution in [3.05, 3.63) is 65.2 Å². The fourth-order valence-electron chi connectivity index (χ4n) is 2.38. The van der Waals surface area contributed by atoms with Crippen LogP contribution in [-0.4, -0.2) is 6.61 Å². The summed E-state index contributed by atoms with van der Waals surface area (Å²) in [6, 6.07) is 17.2. The molecule has 0 saturated carbocycles. The molecule has 0 fully saturated rings. The molecule has 0 spiro atoms. The summed E-state index contributed by atoms with van der Waals surface area (Å²) in [7, 11) is 0. The van der Waals surface area contributed by atoms with E-state index in [9.17, 15) is 0 Å². The van der Waals surface area contributed by atoms with Crippen LogP contribution < -0.4 is 10.1 Å². The van der Waals surface area contributed by atoms with Gasteiger partial charge in [0.1, 0.15) is 5.75 Å². The van der Waals surface area contributed by atoms with Crippen LogP contribution in [0.4, 0.5) is 0 Å². The normalized spacial score (nSPS) is 12.1. The average molecular weight is 283 g/mol. The van der Waals surface area contributed by atoms with Crippen molar-refractivity contribution in [2.24, 2.45) is 0 Å². The molecule has 1 N–H and O–H groups in total. The predicted molar refractivity (Wildman–Crippen MR) is 88.7 cm³/mol. The molecule has 0 aliphatic heterocycles. The Hall–Kier alpha value is -1.80. The Labute approximate surface area is 128 Å². The zero-order valence-corrected chi connectivity index (χ0v) is 13.2. The summed E-state index contributed by atoms with van der Waals surface area (Å²) in [5.41, 5.74) is 3.97. The van der Waals surface area contributed by atoms with Gasteiger partial charge < -0.3 is 10.1 Å². The van der Waals surface area contributed by atoms with E-state index in [0.29, 0.717) is 6.04 Å². The summed E-state index contributed by atoms with van der Waals surface area (Å²) < 4.78 is 5.60. The lowest BCUT2D eigenvalue weighted by molar-refractivity contribution is 0.317. The maximum atomic E-state index is 5.60. The van der Waals surface area contributed by atoms with E-state index in [0.717, 1.165) is 25.3 Å². The third-order valence-corrected chi connectivity index (χ3v) is 3.66. The van der Waals surface area contributed by atoms with Crippen molar-refractivity contribution in [2.75, 3.05) is 6.61 Å². The molecule has 0 amide bonds. The quantitative estimate of drug-likeness (QED) is 0.799. The third-order valence-electron chi connectivity index (χ3n) is 3.66. The molecule has 21 heavy (non-hydrogen) atoms. The minimum atomic E-state index is 0.349. The molecule has 0 bridgehead atoms. The smallest absolute Gasteiger partial charge is 0.119 e. The average Bonchev–Trinajstić information content (AvgIpc) is 2.52. The van der Waals surface area contributed by atoms with Crippen molar-refractivity contribution in [3.63, 3.8) is 0 Å². The summed E-state index contributed by atoms with van der Waals surface area (Å²) in [5, 5.41) is 3.58. The topological polar surface area (TPSA) is 21.3 Å². The largest absolute Gasteiger partial charge is 0.494 e. The molecular weight excluding hydrogens is 258 g/mol. The second kappa shape index (κ2) is 7.84. The highest BCUT2D eigenvalue weighted by atomic mass is 16.5. The van der Waals surface area contributed by atoms with Gasteiger partial charge >= 0.3 is 0 Å². The lowest BCUT2D eigenvalue weighted by atomic mass is 10.0. The van der Waals surface area contributed by atoms with Crippen molar-refractivity contribution in [1.29, 1.82) is 0 Å². The Kier molecular flexibility index (Phi) is 5.82. The maximum absolute atomic E-state index is 5.60. The molecule has 2 nitrogen and oxygen atoms in total. The van der Waals surface area contributed by atoms with E-state index in [1.165, 1.54) is 16.7 Å². The Morgan fingerprint density at radius 1 is 1.05 bits per heavy atom. The molecule has 0 heterocycles. The lowest BCUT2D eigenvalue weighted by Crippen LogP contribution is -2.18. The molecule has 0 radical (unpaired) electrons.